The largest absolute Gasteiger partial charge is 0.387 e. The molecule has 158 valence electrons. The number of aromatic nitrogens is 2. The van der Waals surface area contributed by atoms with Crippen molar-refractivity contribution in [2.24, 2.45) is 16.6 Å². The zero-order chi connectivity index (χ0) is 20.3. The minimum Gasteiger partial charge on any atom is -0.387 e. The molecule has 0 saturated heterocycles. The van der Waals surface area contributed by atoms with Crippen molar-refractivity contribution in [1.82, 2.24) is 10.1 Å². The van der Waals surface area contributed by atoms with Crippen LogP contribution < -0.4 is 5.73 Å². The Balaban J connectivity index is 1.33. The third-order valence-corrected chi connectivity index (χ3v) is 5.67. The Morgan fingerprint density at radius 3 is 2.21 bits per heavy atom. The van der Waals surface area contributed by atoms with Crippen LogP contribution in [0.15, 0.2) is 33.8 Å². The molecule has 1 aliphatic rings. The molecule has 3 rings (SSSR count). The molecule has 2 N–H and O–H groups in total. The highest BCUT2D eigenvalue weighted by Gasteiger charge is 2.26. The zero-order valence-electron chi connectivity index (χ0n) is 17.9. The minimum atomic E-state index is 0.249. The van der Waals surface area contributed by atoms with E-state index >= 15 is 0 Å². The van der Waals surface area contributed by atoms with Crippen molar-refractivity contribution in [3.63, 3.8) is 0 Å². The summed E-state index contributed by atoms with van der Waals surface area (Å²) in [5.41, 5.74) is 8.23. The fraction of sp³-hybridized carbons (Fsp3) is 0.625. The number of hydrogen-bond acceptors (Lipinski definition) is 4. The number of hydrogen-bond donors (Lipinski definition) is 1. The molecule has 0 aliphatic heterocycles. The third kappa shape index (κ3) is 7.64. The van der Waals surface area contributed by atoms with Crippen molar-refractivity contribution < 1.29 is 4.52 Å². The lowest BCUT2D eigenvalue weighted by atomic mass is 10.0. The smallest absolute Gasteiger partial charge is 0.349 e. The molecule has 5 heteroatoms. The third-order valence-electron chi connectivity index (χ3n) is 5.67. The number of nitrogens with zero attached hydrogens (tertiary/aromatic N) is 3. The molecule has 0 spiro atoms. The fourth-order valence-electron chi connectivity index (χ4n) is 3.60. The molecule has 1 aromatic carbocycles. The van der Waals surface area contributed by atoms with E-state index in [4.69, 9.17) is 10.3 Å². The Kier molecular flexibility index (Phi) is 8.72. The van der Waals surface area contributed by atoms with E-state index in [1.54, 1.807) is 0 Å². The summed E-state index contributed by atoms with van der Waals surface area (Å²) in [5, 5.41) is 4.03. The van der Waals surface area contributed by atoms with Crippen molar-refractivity contribution in [2.45, 2.75) is 90.4 Å². The van der Waals surface area contributed by atoms with Gasteiger partial charge in [0.15, 0.2) is 0 Å². The first-order chi connectivity index (χ1) is 14.3. The van der Waals surface area contributed by atoms with E-state index in [0.717, 1.165) is 24.8 Å². The second kappa shape index (κ2) is 11.7. The van der Waals surface area contributed by atoms with Gasteiger partial charge < -0.3 is 10.3 Å². The predicted octanol–water partition coefficient (Wildman–Crippen LogP) is 6.60. The molecule has 1 heterocycles. The molecule has 0 amide bonds. The van der Waals surface area contributed by atoms with E-state index in [2.05, 4.69) is 46.3 Å². The molecule has 29 heavy (non-hydrogen) atoms. The summed E-state index contributed by atoms with van der Waals surface area (Å²) in [7, 11) is 0. The molecule has 0 bridgehead atoms. The van der Waals surface area contributed by atoms with Crippen LogP contribution in [0.2, 0.25) is 0 Å². The standard InChI is InChI=1S/C24H36N4O/c1-2-3-4-5-6-7-8-9-10-11-12-19-13-15-21(16-14-19)23-27-24(29-28-23)26-22(25)20-17-18-20/h13-16,20H,2-12,17-18H2,1H3,(H2,25,26,27,28). The monoisotopic (exact) mass is 396 g/mol. The van der Waals surface area contributed by atoms with Crippen molar-refractivity contribution >= 4 is 11.9 Å². The van der Waals surface area contributed by atoms with Crippen LogP contribution in [0.3, 0.4) is 0 Å². The lowest BCUT2D eigenvalue weighted by Crippen LogP contribution is -2.13. The summed E-state index contributed by atoms with van der Waals surface area (Å²) in [4.78, 5) is 8.57. The Bertz CT molecular complexity index is 746. The van der Waals surface area contributed by atoms with Crippen LogP contribution in [-0.2, 0) is 6.42 Å². The van der Waals surface area contributed by atoms with E-state index in [1.165, 1.54) is 69.8 Å². The summed E-state index contributed by atoms with van der Waals surface area (Å²) >= 11 is 0. The fourth-order valence-corrected chi connectivity index (χ4v) is 3.60. The van der Waals surface area contributed by atoms with Gasteiger partial charge in [0.25, 0.3) is 0 Å². The maximum absolute atomic E-state index is 5.91. The van der Waals surface area contributed by atoms with Crippen molar-refractivity contribution in [3.05, 3.63) is 29.8 Å². The van der Waals surface area contributed by atoms with Crippen molar-refractivity contribution in [2.75, 3.05) is 0 Å². The number of benzene rings is 1. The zero-order valence-corrected chi connectivity index (χ0v) is 17.9. The van der Waals surface area contributed by atoms with E-state index in [1.807, 2.05) is 0 Å². The van der Waals surface area contributed by atoms with E-state index in [-0.39, 0.29) is 6.01 Å². The molecule has 1 saturated carbocycles. The maximum atomic E-state index is 5.91. The van der Waals surface area contributed by atoms with Crippen LogP contribution in [-0.4, -0.2) is 16.0 Å². The number of aryl methyl sites for hydroxylation is 1. The Morgan fingerprint density at radius 2 is 1.59 bits per heavy atom. The van der Waals surface area contributed by atoms with E-state index < -0.39 is 0 Å². The van der Waals surface area contributed by atoms with Crippen molar-refractivity contribution in [1.29, 1.82) is 0 Å². The number of rotatable bonds is 14. The average molecular weight is 397 g/mol. The number of unbranched alkanes of at least 4 members (excludes halogenated alkanes) is 9. The second-order valence-corrected chi connectivity index (χ2v) is 8.34. The van der Waals surface area contributed by atoms with Crippen molar-refractivity contribution in [3.8, 4) is 11.4 Å². The van der Waals surface area contributed by atoms with Gasteiger partial charge in [-0.15, -0.1) is 0 Å². The first-order valence-electron chi connectivity index (χ1n) is 11.5. The highest BCUT2D eigenvalue weighted by atomic mass is 16.5. The molecule has 1 fully saturated rings. The lowest BCUT2D eigenvalue weighted by molar-refractivity contribution is 0.430. The predicted molar refractivity (Wildman–Crippen MR) is 119 cm³/mol. The number of nitrogens with two attached hydrogens (primary N) is 1. The number of aliphatic imine (C=N–C) groups is 1. The van der Waals surface area contributed by atoms with Gasteiger partial charge in [0.05, 0.1) is 0 Å². The summed E-state index contributed by atoms with van der Waals surface area (Å²) < 4.78 is 5.21. The second-order valence-electron chi connectivity index (χ2n) is 8.34. The molecular weight excluding hydrogens is 360 g/mol. The Labute approximate surface area is 175 Å². The SMILES string of the molecule is CCCCCCCCCCCCc1ccc(-c2noc(/N=C(\N)C3CC3)n2)cc1. The first-order valence-corrected chi connectivity index (χ1v) is 11.5. The van der Waals surface area contributed by atoms with Gasteiger partial charge >= 0.3 is 6.01 Å². The highest BCUT2D eigenvalue weighted by Crippen LogP contribution is 2.30. The molecule has 5 nitrogen and oxygen atoms in total. The van der Waals surface area contributed by atoms with Gasteiger partial charge in [0.2, 0.25) is 5.82 Å². The lowest BCUT2D eigenvalue weighted by Gasteiger charge is -2.04. The van der Waals surface area contributed by atoms with Crippen LogP contribution in [0.1, 0.15) is 89.5 Å². The van der Waals surface area contributed by atoms with Crippen LogP contribution in [0, 0.1) is 5.92 Å². The maximum Gasteiger partial charge on any atom is 0.349 e. The summed E-state index contributed by atoms with van der Waals surface area (Å²) in [6.45, 7) is 2.27. The molecule has 1 aliphatic carbocycles. The minimum absolute atomic E-state index is 0.249. The van der Waals surface area contributed by atoms with Gasteiger partial charge in [0.1, 0.15) is 5.84 Å². The Hall–Kier alpha value is -2.17. The van der Waals surface area contributed by atoms with Gasteiger partial charge in [-0.25, -0.2) is 0 Å². The summed E-state index contributed by atoms with van der Waals surface area (Å²) in [5.74, 6) is 1.57. The quantitative estimate of drug-likeness (QED) is 0.222. The molecule has 0 radical (unpaired) electrons. The van der Waals surface area contributed by atoms with Crippen LogP contribution in [0.4, 0.5) is 6.01 Å². The van der Waals surface area contributed by atoms with Crippen LogP contribution in [0.25, 0.3) is 11.4 Å². The van der Waals surface area contributed by atoms with Gasteiger partial charge in [-0.3, -0.25) is 0 Å². The molecule has 1 aromatic heterocycles. The molecule has 0 unspecified atom stereocenters. The van der Waals surface area contributed by atoms with Gasteiger partial charge in [-0.05, 0) is 31.2 Å². The molecule has 2 aromatic rings. The number of amidine groups is 1. The average Bonchev–Trinajstić information content (AvgIpc) is 3.49. The first kappa shape index (κ1) is 21.5. The van der Waals surface area contributed by atoms with E-state index in [0.29, 0.717) is 17.6 Å². The van der Waals surface area contributed by atoms with Crippen LogP contribution in [0.5, 0.6) is 0 Å². The summed E-state index contributed by atoms with van der Waals surface area (Å²) in [6, 6.07) is 8.71. The molecule has 0 atom stereocenters. The van der Waals surface area contributed by atoms with Crippen LogP contribution >= 0.6 is 0 Å². The van der Waals surface area contributed by atoms with Gasteiger partial charge in [0, 0.05) is 11.5 Å². The normalized spacial score (nSPS) is 14.4. The topological polar surface area (TPSA) is 77.3 Å². The van der Waals surface area contributed by atoms with Gasteiger partial charge in [-0.1, -0.05) is 94.1 Å². The molecular formula is C24H36N4O. The van der Waals surface area contributed by atoms with E-state index in [9.17, 15) is 0 Å². The van der Waals surface area contributed by atoms with Gasteiger partial charge in [-0.2, -0.15) is 9.98 Å². The summed E-state index contributed by atoms with van der Waals surface area (Å²) in [6.07, 6.45) is 17.1. The highest BCUT2D eigenvalue weighted by molar-refractivity contribution is 5.86. The Morgan fingerprint density at radius 1 is 0.966 bits per heavy atom.